The average molecular weight is 277 g/mol. The molecule has 1 aromatic carbocycles. The van der Waals surface area contributed by atoms with Crippen molar-refractivity contribution in [3.8, 4) is 0 Å². The van der Waals surface area contributed by atoms with Crippen LogP contribution in [-0.4, -0.2) is 19.4 Å². The quantitative estimate of drug-likeness (QED) is 0.594. The summed E-state index contributed by atoms with van der Waals surface area (Å²) in [5.74, 6) is -0.218. The van der Waals surface area contributed by atoms with E-state index >= 15 is 0 Å². The summed E-state index contributed by atoms with van der Waals surface area (Å²) in [6.07, 6.45) is 7.88. The lowest BCUT2D eigenvalue weighted by atomic mass is 9.81. The minimum Gasteiger partial charge on any atom is -0.371 e. The Balaban J connectivity index is 2.14. The first kappa shape index (κ1) is 15.0. The predicted molar refractivity (Wildman–Crippen MR) is 80.5 cm³/mol. The molecule has 1 saturated carbocycles. The molecule has 1 aliphatic carbocycles. The van der Waals surface area contributed by atoms with Gasteiger partial charge in [-0.2, -0.15) is 0 Å². The minimum absolute atomic E-state index is 0.218. The standard InChI is InChI=1S/C17H24FNO/c1-2-19(16-9-7-15(18)8-10-16)13-17(14-20)11-5-3-4-6-12-17/h7-10,14H,2-6,11-13H2,1H3. The molecule has 0 aromatic heterocycles. The van der Waals surface area contributed by atoms with Crippen LogP contribution in [0.4, 0.5) is 10.1 Å². The highest BCUT2D eigenvalue weighted by Crippen LogP contribution is 2.35. The van der Waals surface area contributed by atoms with Crippen molar-refractivity contribution < 1.29 is 9.18 Å². The molecule has 1 aromatic rings. The molecule has 2 rings (SSSR count). The normalized spacial score (nSPS) is 18.3. The van der Waals surface area contributed by atoms with Crippen molar-refractivity contribution in [3.63, 3.8) is 0 Å². The molecule has 1 fully saturated rings. The van der Waals surface area contributed by atoms with Crippen LogP contribution in [0.15, 0.2) is 24.3 Å². The van der Waals surface area contributed by atoms with Gasteiger partial charge in [0.15, 0.2) is 0 Å². The van der Waals surface area contributed by atoms with Crippen molar-refractivity contribution in [1.29, 1.82) is 0 Å². The number of aldehydes is 1. The third-order valence-electron chi connectivity index (χ3n) is 4.43. The minimum atomic E-state index is -0.221. The number of benzene rings is 1. The molecule has 3 heteroatoms. The van der Waals surface area contributed by atoms with Crippen LogP contribution in [-0.2, 0) is 4.79 Å². The van der Waals surface area contributed by atoms with Crippen LogP contribution < -0.4 is 4.90 Å². The van der Waals surface area contributed by atoms with Crippen LogP contribution in [0.25, 0.3) is 0 Å². The van der Waals surface area contributed by atoms with Crippen LogP contribution in [0.5, 0.6) is 0 Å². The highest BCUT2D eigenvalue weighted by molar-refractivity contribution is 5.62. The van der Waals surface area contributed by atoms with Gasteiger partial charge in [0.2, 0.25) is 0 Å². The molecule has 2 nitrogen and oxygen atoms in total. The zero-order valence-corrected chi connectivity index (χ0v) is 12.3. The van der Waals surface area contributed by atoms with Gasteiger partial charge in [0, 0.05) is 24.2 Å². The van der Waals surface area contributed by atoms with Crippen LogP contribution in [0.2, 0.25) is 0 Å². The summed E-state index contributed by atoms with van der Waals surface area (Å²) >= 11 is 0. The number of hydrogen-bond acceptors (Lipinski definition) is 2. The molecule has 0 spiro atoms. The van der Waals surface area contributed by atoms with E-state index < -0.39 is 0 Å². The van der Waals surface area contributed by atoms with E-state index in [-0.39, 0.29) is 11.2 Å². The maximum Gasteiger partial charge on any atom is 0.127 e. The molecule has 0 aliphatic heterocycles. The summed E-state index contributed by atoms with van der Waals surface area (Å²) in [6.45, 7) is 3.67. The first-order valence-corrected chi connectivity index (χ1v) is 7.66. The smallest absolute Gasteiger partial charge is 0.127 e. The van der Waals surface area contributed by atoms with E-state index in [1.807, 2.05) is 0 Å². The molecule has 0 unspecified atom stereocenters. The number of carbonyl (C=O) groups is 1. The molecule has 1 aliphatic rings. The van der Waals surface area contributed by atoms with E-state index in [1.165, 1.54) is 31.3 Å². The van der Waals surface area contributed by atoms with Gasteiger partial charge >= 0.3 is 0 Å². The summed E-state index contributed by atoms with van der Waals surface area (Å²) in [7, 11) is 0. The summed E-state index contributed by atoms with van der Waals surface area (Å²) in [4.78, 5) is 13.9. The van der Waals surface area contributed by atoms with E-state index in [4.69, 9.17) is 0 Å². The zero-order valence-electron chi connectivity index (χ0n) is 12.3. The van der Waals surface area contributed by atoms with Crippen molar-refractivity contribution in [2.45, 2.75) is 45.4 Å². The Morgan fingerprint density at radius 3 is 2.25 bits per heavy atom. The summed E-state index contributed by atoms with van der Waals surface area (Å²) in [5, 5.41) is 0. The van der Waals surface area contributed by atoms with Crippen molar-refractivity contribution >= 4 is 12.0 Å². The highest BCUT2D eigenvalue weighted by Gasteiger charge is 2.32. The Morgan fingerprint density at radius 1 is 1.15 bits per heavy atom. The molecule has 0 N–H and O–H groups in total. The Labute approximate surface area is 121 Å². The molecular weight excluding hydrogens is 253 g/mol. The summed E-state index contributed by atoms with van der Waals surface area (Å²) in [6, 6.07) is 6.57. The van der Waals surface area contributed by atoms with Gasteiger partial charge in [-0.15, -0.1) is 0 Å². The van der Waals surface area contributed by atoms with E-state index in [9.17, 15) is 9.18 Å². The second kappa shape index (κ2) is 6.87. The lowest BCUT2D eigenvalue weighted by molar-refractivity contribution is -0.116. The van der Waals surface area contributed by atoms with Gasteiger partial charge < -0.3 is 9.69 Å². The number of nitrogens with zero attached hydrogens (tertiary/aromatic N) is 1. The number of rotatable bonds is 5. The Morgan fingerprint density at radius 2 is 1.75 bits per heavy atom. The Kier molecular flexibility index (Phi) is 5.16. The second-order valence-electron chi connectivity index (χ2n) is 5.89. The number of anilines is 1. The molecule has 0 radical (unpaired) electrons. The van der Waals surface area contributed by atoms with Crippen LogP contribution >= 0.6 is 0 Å². The fourth-order valence-electron chi connectivity index (χ4n) is 3.16. The zero-order chi connectivity index (χ0) is 14.4. The molecular formula is C17H24FNO. The number of halogens is 1. The SMILES string of the molecule is CCN(CC1(C=O)CCCCCC1)c1ccc(F)cc1. The van der Waals surface area contributed by atoms with E-state index in [0.717, 1.165) is 44.5 Å². The molecule has 0 heterocycles. The van der Waals surface area contributed by atoms with Gasteiger partial charge in [-0.25, -0.2) is 4.39 Å². The Hall–Kier alpha value is -1.38. The monoisotopic (exact) mass is 277 g/mol. The first-order valence-electron chi connectivity index (χ1n) is 7.66. The fourth-order valence-corrected chi connectivity index (χ4v) is 3.16. The summed E-state index contributed by atoms with van der Waals surface area (Å²) < 4.78 is 13.0. The van der Waals surface area contributed by atoms with E-state index in [0.29, 0.717) is 0 Å². The van der Waals surface area contributed by atoms with Gasteiger partial charge in [-0.1, -0.05) is 25.7 Å². The van der Waals surface area contributed by atoms with Gasteiger partial charge in [-0.05, 0) is 44.0 Å². The van der Waals surface area contributed by atoms with Crippen LogP contribution in [0.3, 0.4) is 0 Å². The van der Waals surface area contributed by atoms with Gasteiger partial charge in [-0.3, -0.25) is 0 Å². The largest absolute Gasteiger partial charge is 0.371 e. The van der Waals surface area contributed by atoms with Crippen molar-refractivity contribution in [2.75, 3.05) is 18.0 Å². The predicted octanol–water partition coefficient (Wildman–Crippen LogP) is 4.19. The number of carbonyl (C=O) groups excluding carboxylic acids is 1. The van der Waals surface area contributed by atoms with Crippen LogP contribution in [0, 0.1) is 11.2 Å². The van der Waals surface area contributed by atoms with E-state index in [1.54, 1.807) is 12.1 Å². The van der Waals surface area contributed by atoms with Gasteiger partial charge in [0.25, 0.3) is 0 Å². The molecule has 110 valence electrons. The van der Waals surface area contributed by atoms with Gasteiger partial charge in [0.05, 0.1) is 0 Å². The lowest BCUT2D eigenvalue weighted by Crippen LogP contribution is -2.39. The third kappa shape index (κ3) is 3.59. The second-order valence-corrected chi connectivity index (χ2v) is 5.89. The van der Waals surface area contributed by atoms with Crippen molar-refractivity contribution in [2.24, 2.45) is 5.41 Å². The molecule has 0 saturated heterocycles. The summed E-state index contributed by atoms with van der Waals surface area (Å²) in [5.41, 5.74) is 0.778. The fraction of sp³-hybridized carbons (Fsp3) is 0.588. The maximum absolute atomic E-state index is 13.0. The van der Waals surface area contributed by atoms with E-state index in [2.05, 4.69) is 11.8 Å². The molecule has 20 heavy (non-hydrogen) atoms. The van der Waals surface area contributed by atoms with Gasteiger partial charge in [0.1, 0.15) is 12.1 Å². The first-order chi connectivity index (χ1) is 9.69. The maximum atomic E-state index is 13.0. The topological polar surface area (TPSA) is 20.3 Å². The average Bonchev–Trinajstić information content (AvgIpc) is 2.72. The molecule has 0 atom stereocenters. The lowest BCUT2D eigenvalue weighted by Gasteiger charge is -2.34. The Bertz CT molecular complexity index is 421. The molecule has 0 amide bonds. The number of hydrogen-bond donors (Lipinski definition) is 0. The van der Waals surface area contributed by atoms with Crippen LogP contribution in [0.1, 0.15) is 45.4 Å². The van der Waals surface area contributed by atoms with Crippen molar-refractivity contribution in [3.05, 3.63) is 30.1 Å². The highest BCUT2D eigenvalue weighted by atomic mass is 19.1. The van der Waals surface area contributed by atoms with Crippen molar-refractivity contribution in [1.82, 2.24) is 0 Å². The third-order valence-corrected chi connectivity index (χ3v) is 4.43. The molecule has 0 bridgehead atoms.